The predicted molar refractivity (Wildman–Crippen MR) is 86.1 cm³/mol. The molecule has 0 saturated carbocycles. The van der Waals surface area contributed by atoms with Crippen LogP contribution in [0.25, 0.3) is 0 Å². The van der Waals surface area contributed by atoms with E-state index in [2.05, 4.69) is 19.2 Å². The van der Waals surface area contributed by atoms with Crippen molar-refractivity contribution in [2.24, 2.45) is 5.92 Å². The summed E-state index contributed by atoms with van der Waals surface area (Å²) in [6.45, 7) is 6.83. The summed E-state index contributed by atoms with van der Waals surface area (Å²) in [6.07, 6.45) is 2.22. The normalized spacial score (nSPS) is 19.6. The number of carbonyl (C=O) groups excluding carboxylic acids is 1. The van der Waals surface area contributed by atoms with E-state index in [9.17, 15) is 4.79 Å². The van der Waals surface area contributed by atoms with E-state index in [1.807, 2.05) is 4.90 Å². The van der Waals surface area contributed by atoms with Gasteiger partial charge in [0.1, 0.15) is 4.34 Å². The van der Waals surface area contributed by atoms with E-state index in [1.165, 1.54) is 17.8 Å². The molecule has 1 aromatic rings. The fourth-order valence-electron chi connectivity index (χ4n) is 2.47. The summed E-state index contributed by atoms with van der Waals surface area (Å²) >= 11 is 13.2. The van der Waals surface area contributed by atoms with Gasteiger partial charge in [0.2, 0.25) is 0 Å². The van der Waals surface area contributed by atoms with Crippen LogP contribution in [0.1, 0.15) is 37.0 Å². The van der Waals surface area contributed by atoms with E-state index in [-0.39, 0.29) is 5.91 Å². The van der Waals surface area contributed by atoms with Crippen molar-refractivity contribution in [2.75, 3.05) is 19.6 Å². The zero-order valence-electron chi connectivity index (χ0n) is 11.8. The summed E-state index contributed by atoms with van der Waals surface area (Å²) in [5.41, 5.74) is 0.541. The van der Waals surface area contributed by atoms with E-state index in [1.54, 1.807) is 6.07 Å². The zero-order chi connectivity index (χ0) is 14.7. The average Bonchev–Trinajstić information content (AvgIpc) is 2.75. The van der Waals surface area contributed by atoms with Crippen LogP contribution in [0.2, 0.25) is 8.67 Å². The van der Waals surface area contributed by atoms with Crippen LogP contribution in [-0.4, -0.2) is 36.5 Å². The van der Waals surface area contributed by atoms with Crippen molar-refractivity contribution in [1.82, 2.24) is 10.2 Å². The minimum absolute atomic E-state index is 0.00685. The Morgan fingerprint density at radius 3 is 2.90 bits per heavy atom. The Labute approximate surface area is 134 Å². The SMILES string of the molecule is CC(C)NCC1CCCN(C(=O)c2cc(Cl)sc2Cl)C1. The summed E-state index contributed by atoms with van der Waals surface area (Å²) in [4.78, 5) is 14.4. The summed E-state index contributed by atoms with van der Waals surface area (Å²) < 4.78 is 1.05. The maximum Gasteiger partial charge on any atom is 0.256 e. The van der Waals surface area contributed by atoms with Crippen molar-refractivity contribution in [3.8, 4) is 0 Å². The number of hydrogen-bond acceptors (Lipinski definition) is 3. The van der Waals surface area contributed by atoms with Crippen molar-refractivity contribution in [1.29, 1.82) is 0 Å². The predicted octanol–water partition coefficient (Wildman–Crippen LogP) is 3.91. The van der Waals surface area contributed by atoms with Crippen LogP contribution in [0.4, 0.5) is 0 Å². The molecule has 0 aromatic carbocycles. The van der Waals surface area contributed by atoms with Crippen molar-refractivity contribution >= 4 is 40.4 Å². The number of hydrogen-bond donors (Lipinski definition) is 1. The monoisotopic (exact) mass is 334 g/mol. The lowest BCUT2D eigenvalue weighted by Gasteiger charge is -2.33. The van der Waals surface area contributed by atoms with Gasteiger partial charge in [-0.2, -0.15) is 0 Å². The lowest BCUT2D eigenvalue weighted by molar-refractivity contribution is 0.0673. The zero-order valence-corrected chi connectivity index (χ0v) is 14.1. The molecule has 1 amide bonds. The first kappa shape index (κ1) is 16.1. The first-order chi connectivity index (χ1) is 9.47. The van der Waals surface area contributed by atoms with Gasteiger partial charge in [-0.3, -0.25) is 4.79 Å². The third-order valence-electron chi connectivity index (χ3n) is 3.51. The molecule has 3 nitrogen and oxygen atoms in total. The van der Waals surface area contributed by atoms with E-state index in [4.69, 9.17) is 23.2 Å². The minimum Gasteiger partial charge on any atom is -0.338 e. The van der Waals surface area contributed by atoms with Crippen LogP contribution in [-0.2, 0) is 0 Å². The Morgan fingerprint density at radius 1 is 1.55 bits per heavy atom. The lowest BCUT2D eigenvalue weighted by Crippen LogP contribution is -2.43. The first-order valence-corrected chi connectivity index (χ1v) is 8.52. The van der Waals surface area contributed by atoms with E-state index in [0.717, 1.165) is 26.1 Å². The highest BCUT2D eigenvalue weighted by Crippen LogP contribution is 2.32. The molecule has 2 heterocycles. The highest BCUT2D eigenvalue weighted by Gasteiger charge is 2.26. The third-order valence-corrected chi connectivity index (χ3v) is 5.00. The van der Waals surface area contributed by atoms with Gasteiger partial charge in [0.05, 0.1) is 9.90 Å². The van der Waals surface area contributed by atoms with Crippen LogP contribution in [0.3, 0.4) is 0 Å². The Morgan fingerprint density at radius 2 is 2.30 bits per heavy atom. The van der Waals surface area contributed by atoms with Crippen molar-refractivity contribution < 1.29 is 4.79 Å². The quantitative estimate of drug-likeness (QED) is 0.905. The molecule has 1 N–H and O–H groups in total. The molecule has 1 aliphatic heterocycles. The van der Waals surface area contributed by atoms with Crippen molar-refractivity contribution in [2.45, 2.75) is 32.7 Å². The van der Waals surface area contributed by atoms with Gasteiger partial charge in [-0.1, -0.05) is 37.0 Å². The summed E-state index contributed by atoms with van der Waals surface area (Å²) in [6, 6.07) is 2.15. The fourth-order valence-corrected chi connectivity index (χ4v) is 3.92. The van der Waals surface area contributed by atoms with Gasteiger partial charge in [-0.25, -0.2) is 0 Å². The van der Waals surface area contributed by atoms with E-state index >= 15 is 0 Å². The molecule has 1 atom stereocenters. The molecular formula is C14H20Cl2N2OS. The Hall–Kier alpha value is -0.290. The van der Waals surface area contributed by atoms with Gasteiger partial charge in [-0.15, -0.1) is 11.3 Å². The summed E-state index contributed by atoms with van der Waals surface area (Å²) in [7, 11) is 0. The number of amides is 1. The maximum absolute atomic E-state index is 12.5. The number of halogens is 2. The average molecular weight is 335 g/mol. The summed E-state index contributed by atoms with van der Waals surface area (Å²) in [5, 5.41) is 3.45. The van der Waals surface area contributed by atoms with Gasteiger partial charge in [0, 0.05) is 19.1 Å². The number of likely N-dealkylation sites (tertiary alicyclic amines) is 1. The molecular weight excluding hydrogens is 315 g/mol. The van der Waals surface area contributed by atoms with Gasteiger partial charge in [-0.05, 0) is 31.4 Å². The summed E-state index contributed by atoms with van der Waals surface area (Å²) in [5.74, 6) is 0.524. The molecule has 1 fully saturated rings. The number of piperidine rings is 1. The topological polar surface area (TPSA) is 32.3 Å². The maximum atomic E-state index is 12.5. The molecule has 112 valence electrons. The first-order valence-electron chi connectivity index (χ1n) is 6.95. The third kappa shape index (κ3) is 4.10. The van der Waals surface area contributed by atoms with E-state index in [0.29, 0.717) is 26.2 Å². The highest BCUT2D eigenvalue weighted by atomic mass is 35.5. The van der Waals surface area contributed by atoms with Gasteiger partial charge in [0.25, 0.3) is 5.91 Å². The number of rotatable bonds is 4. The molecule has 1 aliphatic rings. The standard InChI is InChI=1S/C14H20Cl2N2OS/c1-9(2)17-7-10-4-3-5-18(8-10)14(19)11-6-12(15)20-13(11)16/h6,9-10,17H,3-5,7-8H2,1-2H3. The Balaban J connectivity index is 1.98. The molecule has 1 unspecified atom stereocenters. The molecule has 1 aromatic heterocycles. The Kier molecular flexibility index (Phi) is 5.73. The van der Waals surface area contributed by atoms with Gasteiger partial charge < -0.3 is 10.2 Å². The molecule has 20 heavy (non-hydrogen) atoms. The van der Waals surface area contributed by atoms with Crippen molar-refractivity contribution in [3.05, 3.63) is 20.3 Å². The number of nitrogens with zero attached hydrogens (tertiary/aromatic N) is 1. The lowest BCUT2D eigenvalue weighted by atomic mass is 9.97. The van der Waals surface area contributed by atoms with Crippen molar-refractivity contribution in [3.63, 3.8) is 0 Å². The minimum atomic E-state index is 0.00685. The van der Waals surface area contributed by atoms with Crippen LogP contribution in [0.15, 0.2) is 6.07 Å². The molecule has 0 bridgehead atoms. The fraction of sp³-hybridized carbons (Fsp3) is 0.643. The number of thiophene rings is 1. The molecule has 1 saturated heterocycles. The highest BCUT2D eigenvalue weighted by molar-refractivity contribution is 7.20. The number of carbonyl (C=O) groups is 1. The molecule has 0 radical (unpaired) electrons. The van der Waals surface area contributed by atoms with E-state index < -0.39 is 0 Å². The van der Waals surface area contributed by atoms with Gasteiger partial charge in [0.15, 0.2) is 0 Å². The molecule has 0 spiro atoms. The second-order valence-electron chi connectivity index (χ2n) is 5.56. The van der Waals surface area contributed by atoms with Crippen LogP contribution in [0.5, 0.6) is 0 Å². The second-order valence-corrected chi connectivity index (χ2v) is 7.85. The largest absolute Gasteiger partial charge is 0.338 e. The Bertz CT molecular complexity index is 476. The van der Waals surface area contributed by atoms with Crippen LogP contribution in [0, 0.1) is 5.92 Å². The second kappa shape index (κ2) is 7.12. The van der Waals surface area contributed by atoms with Gasteiger partial charge >= 0.3 is 0 Å². The number of nitrogens with one attached hydrogen (secondary N) is 1. The van der Waals surface area contributed by atoms with Crippen LogP contribution >= 0.6 is 34.5 Å². The molecule has 2 rings (SSSR count). The van der Waals surface area contributed by atoms with Crippen LogP contribution < -0.4 is 5.32 Å². The molecule has 6 heteroatoms. The smallest absolute Gasteiger partial charge is 0.256 e. The molecule has 0 aliphatic carbocycles.